The molecule has 0 aromatic heterocycles. The summed E-state index contributed by atoms with van der Waals surface area (Å²) in [6.45, 7) is 4.46. The van der Waals surface area contributed by atoms with Crippen LogP contribution in [0.2, 0.25) is 0 Å². The molecule has 1 aromatic rings. The van der Waals surface area contributed by atoms with E-state index in [0.29, 0.717) is 12.2 Å². The highest BCUT2D eigenvalue weighted by Crippen LogP contribution is 2.15. The Kier molecular flexibility index (Phi) is 4.99. The summed E-state index contributed by atoms with van der Waals surface area (Å²) < 4.78 is 5.02. The van der Waals surface area contributed by atoms with Gasteiger partial charge in [-0.05, 0) is 24.1 Å². The Morgan fingerprint density at radius 2 is 2.00 bits per heavy atom. The van der Waals surface area contributed by atoms with E-state index in [0.717, 1.165) is 12.0 Å². The topological polar surface area (TPSA) is 46.5 Å². The summed E-state index contributed by atoms with van der Waals surface area (Å²) in [4.78, 5) is 11.5. The van der Waals surface area contributed by atoms with Gasteiger partial charge in [0, 0.05) is 12.5 Å². The lowest BCUT2D eigenvalue weighted by atomic mass is 10.0. The molecule has 0 aliphatic carbocycles. The molecule has 88 valence electrons. The number of hydrogen-bond donors (Lipinski definition) is 1. The molecule has 1 N–H and O–H groups in total. The predicted molar refractivity (Wildman–Crippen MR) is 62.5 cm³/mol. The minimum atomic E-state index is -0.287. The number of aliphatic hydroxyl groups is 1. The molecule has 0 spiro atoms. The van der Waals surface area contributed by atoms with E-state index < -0.39 is 0 Å². The van der Waals surface area contributed by atoms with E-state index in [1.165, 1.54) is 0 Å². The van der Waals surface area contributed by atoms with Gasteiger partial charge in [0.1, 0.15) is 0 Å². The van der Waals surface area contributed by atoms with Crippen LogP contribution in [0.4, 0.5) is 0 Å². The zero-order chi connectivity index (χ0) is 12.0. The smallest absolute Gasteiger partial charge is 0.338 e. The van der Waals surface area contributed by atoms with Gasteiger partial charge in [-0.25, -0.2) is 4.79 Å². The van der Waals surface area contributed by atoms with E-state index in [4.69, 9.17) is 9.84 Å². The van der Waals surface area contributed by atoms with Gasteiger partial charge in [0.05, 0.1) is 12.2 Å². The molecule has 0 saturated carbocycles. The summed E-state index contributed by atoms with van der Waals surface area (Å²) in [6.07, 6.45) is 0.825. The van der Waals surface area contributed by atoms with Gasteiger partial charge in [0.15, 0.2) is 0 Å². The van der Waals surface area contributed by atoms with Crippen LogP contribution in [0, 0.1) is 0 Å². The molecule has 1 rings (SSSR count). The van der Waals surface area contributed by atoms with Gasteiger partial charge in [-0.1, -0.05) is 26.0 Å². The third kappa shape index (κ3) is 3.35. The van der Waals surface area contributed by atoms with Crippen LogP contribution in [0.5, 0.6) is 0 Å². The SMILES string of the molecule is CCCOC(=O)c1ccc(C(C)CO)cc1. The fourth-order valence-electron chi connectivity index (χ4n) is 1.33. The fraction of sp³-hybridized carbons (Fsp3) is 0.462. The second-order valence-corrected chi connectivity index (χ2v) is 3.84. The maximum atomic E-state index is 11.5. The third-order valence-corrected chi connectivity index (χ3v) is 2.43. The molecule has 0 heterocycles. The second kappa shape index (κ2) is 6.28. The Morgan fingerprint density at radius 1 is 1.38 bits per heavy atom. The second-order valence-electron chi connectivity index (χ2n) is 3.84. The molecule has 0 radical (unpaired) electrons. The molecular weight excluding hydrogens is 204 g/mol. The minimum absolute atomic E-state index is 0.0979. The van der Waals surface area contributed by atoms with Crippen molar-refractivity contribution in [2.45, 2.75) is 26.2 Å². The van der Waals surface area contributed by atoms with Crippen molar-refractivity contribution >= 4 is 5.97 Å². The van der Waals surface area contributed by atoms with Crippen LogP contribution in [0.25, 0.3) is 0 Å². The molecule has 3 nitrogen and oxygen atoms in total. The van der Waals surface area contributed by atoms with Crippen LogP contribution < -0.4 is 0 Å². The molecule has 1 unspecified atom stereocenters. The summed E-state index contributed by atoms with van der Waals surface area (Å²) in [6, 6.07) is 7.17. The van der Waals surface area contributed by atoms with Gasteiger partial charge < -0.3 is 9.84 Å². The van der Waals surface area contributed by atoms with Gasteiger partial charge in [0.2, 0.25) is 0 Å². The van der Waals surface area contributed by atoms with Crippen molar-refractivity contribution in [2.24, 2.45) is 0 Å². The van der Waals surface area contributed by atoms with E-state index in [2.05, 4.69) is 0 Å². The molecule has 0 aliphatic rings. The zero-order valence-corrected chi connectivity index (χ0v) is 9.77. The zero-order valence-electron chi connectivity index (χ0n) is 9.77. The maximum absolute atomic E-state index is 11.5. The van der Waals surface area contributed by atoms with E-state index in [1.807, 2.05) is 26.0 Å². The van der Waals surface area contributed by atoms with Crippen LogP contribution in [0.1, 0.15) is 42.1 Å². The average Bonchev–Trinajstić information content (AvgIpc) is 2.35. The molecule has 0 aliphatic heterocycles. The Hall–Kier alpha value is -1.35. The summed E-state index contributed by atoms with van der Waals surface area (Å²) in [5, 5.41) is 8.99. The summed E-state index contributed by atoms with van der Waals surface area (Å²) in [5.74, 6) is -0.189. The summed E-state index contributed by atoms with van der Waals surface area (Å²) in [5.41, 5.74) is 1.58. The number of rotatable bonds is 5. The Labute approximate surface area is 96.1 Å². The number of aliphatic hydroxyl groups excluding tert-OH is 1. The fourth-order valence-corrected chi connectivity index (χ4v) is 1.33. The number of carbonyl (C=O) groups is 1. The monoisotopic (exact) mass is 222 g/mol. The van der Waals surface area contributed by atoms with Crippen molar-refractivity contribution in [3.8, 4) is 0 Å². The highest BCUT2D eigenvalue weighted by molar-refractivity contribution is 5.89. The first kappa shape index (κ1) is 12.7. The number of benzene rings is 1. The Bertz CT molecular complexity index is 330. The van der Waals surface area contributed by atoms with Crippen molar-refractivity contribution < 1.29 is 14.6 Å². The van der Waals surface area contributed by atoms with Gasteiger partial charge in [-0.2, -0.15) is 0 Å². The van der Waals surface area contributed by atoms with Crippen LogP contribution in [-0.2, 0) is 4.74 Å². The van der Waals surface area contributed by atoms with Crippen molar-refractivity contribution in [1.82, 2.24) is 0 Å². The molecular formula is C13H18O3. The van der Waals surface area contributed by atoms with E-state index in [-0.39, 0.29) is 18.5 Å². The number of hydrogen-bond acceptors (Lipinski definition) is 3. The lowest BCUT2D eigenvalue weighted by molar-refractivity contribution is 0.0505. The molecule has 1 atom stereocenters. The van der Waals surface area contributed by atoms with Gasteiger partial charge >= 0.3 is 5.97 Å². The molecule has 0 saturated heterocycles. The van der Waals surface area contributed by atoms with Crippen molar-refractivity contribution in [2.75, 3.05) is 13.2 Å². The van der Waals surface area contributed by atoms with E-state index >= 15 is 0 Å². The largest absolute Gasteiger partial charge is 0.462 e. The first-order valence-corrected chi connectivity index (χ1v) is 5.57. The van der Waals surface area contributed by atoms with Crippen LogP contribution in [0.15, 0.2) is 24.3 Å². The van der Waals surface area contributed by atoms with Gasteiger partial charge in [-0.15, -0.1) is 0 Å². The lowest BCUT2D eigenvalue weighted by Gasteiger charge is -2.08. The third-order valence-electron chi connectivity index (χ3n) is 2.43. The Balaban J connectivity index is 2.67. The highest BCUT2D eigenvalue weighted by atomic mass is 16.5. The van der Waals surface area contributed by atoms with E-state index in [1.54, 1.807) is 12.1 Å². The van der Waals surface area contributed by atoms with Crippen molar-refractivity contribution in [1.29, 1.82) is 0 Å². The van der Waals surface area contributed by atoms with E-state index in [9.17, 15) is 4.79 Å². The molecule has 1 aromatic carbocycles. The normalized spacial score (nSPS) is 12.2. The van der Waals surface area contributed by atoms with Crippen LogP contribution >= 0.6 is 0 Å². The van der Waals surface area contributed by atoms with Crippen molar-refractivity contribution in [3.63, 3.8) is 0 Å². The molecule has 0 fully saturated rings. The van der Waals surface area contributed by atoms with Gasteiger partial charge in [-0.3, -0.25) is 0 Å². The minimum Gasteiger partial charge on any atom is -0.462 e. The molecule has 3 heteroatoms. The molecule has 16 heavy (non-hydrogen) atoms. The molecule has 0 bridgehead atoms. The van der Waals surface area contributed by atoms with Crippen LogP contribution in [-0.4, -0.2) is 24.3 Å². The average molecular weight is 222 g/mol. The van der Waals surface area contributed by atoms with Gasteiger partial charge in [0.25, 0.3) is 0 Å². The number of carbonyl (C=O) groups excluding carboxylic acids is 1. The first-order valence-electron chi connectivity index (χ1n) is 5.57. The van der Waals surface area contributed by atoms with Crippen LogP contribution in [0.3, 0.4) is 0 Å². The summed E-state index contributed by atoms with van der Waals surface area (Å²) in [7, 11) is 0. The number of esters is 1. The standard InChI is InChI=1S/C13H18O3/c1-3-8-16-13(15)12-6-4-11(5-7-12)10(2)9-14/h4-7,10,14H,3,8-9H2,1-2H3. The summed E-state index contributed by atoms with van der Waals surface area (Å²) >= 11 is 0. The molecule has 0 amide bonds. The number of ether oxygens (including phenoxy) is 1. The highest BCUT2D eigenvalue weighted by Gasteiger charge is 2.08. The lowest BCUT2D eigenvalue weighted by Crippen LogP contribution is -2.06. The first-order chi connectivity index (χ1) is 7.69. The maximum Gasteiger partial charge on any atom is 0.338 e. The quantitative estimate of drug-likeness (QED) is 0.778. The van der Waals surface area contributed by atoms with Crippen molar-refractivity contribution in [3.05, 3.63) is 35.4 Å². The Morgan fingerprint density at radius 3 is 2.50 bits per heavy atom. The predicted octanol–water partition coefficient (Wildman–Crippen LogP) is 2.35.